The molecular formula is C17H33N3O5. The zero-order valence-corrected chi connectivity index (χ0v) is 15.3. The van der Waals surface area contributed by atoms with Crippen molar-refractivity contribution in [3.05, 3.63) is 0 Å². The maximum Gasteiger partial charge on any atom is 0.249 e. The van der Waals surface area contributed by atoms with E-state index in [1.54, 1.807) is 12.0 Å². The molecule has 0 aromatic carbocycles. The Morgan fingerprint density at radius 3 is 2.64 bits per heavy atom. The Morgan fingerprint density at radius 1 is 1.12 bits per heavy atom. The van der Waals surface area contributed by atoms with Crippen LogP contribution in [0.2, 0.25) is 0 Å². The van der Waals surface area contributed by atoms with Gasteiger partial charge in [0, 0.05) is 20.2 Å². The van der Waals surface area contributed by atoms with Gasteiger partial charge in [-0.2, -0.15) is 0 Å². The molecule has 1 atom stereocenters. The summed E-state index contributed by atoms with van der Waals surface area (Å²) in [5.41, 5.74) is 5.45. The smallest absolute Gasteiger partial charge is 0.249 e. The first-order chi connectivity index (χ1) is 12.2. The highest BCUT2D eigenvalue weighted by molar-refractivity contribution is 5.88. The second kappa shape index (κ2) is 14.0. The van der Waals surface area contributed by atoms with Gasteiger partial charge in [-0.15, -0.1) is 0 Å². The maximum atomic E-state index is 12.3. The van der Waals surface area contributed by atoms with Crippen LogP contribution >= 0.6 is 0 Å². The summed E-state index contributed by atoms with van der Waals surface area (Å²) in [5.74, 6) is -0.209. The topological polar surface area (TPSA) is 103 Å². The molecule has 0 spiro atoms. The average molecular weight is 359 g/mol. The van der Waals surface area contributed by atoms with Crippen molar-refractivity contribution in [1.82, 2.24) is 10.2 Å². The lowest BCUT2D eigenvalue weighted by Crippen LogP contribution is -2.47. The second-order valence-electron chi connectivity index (χ2n) is 6.04. The lowest BCUT2D eigenvalue weighted by Gasteiger charge is -2.24. The zero-order chi connectivity index (χ0) is 18.3. The Hall–Kier alpha value is -1.22. The minimum Gasteiger partial charge on any atom is -0.382 e. The van der Waals surface area contributed by atoms with Gasteiger partial charge in [0.15, 0.2) is 0 Å². The van der Waals surface area contributed by atoms with Crippen molar-refractivity contribution in [3.63, 3.8) is 0 Å². The Balaban J connectivity index is 2.19. The van der Waals surface area contributed by atoms with Crippen molar-refractivity contribution in [2.24, 2.45) is 5.73 Å². The fourth-order valence-electron chi connectivity index (χ4n) is 2.72. The molecule has 25 heavy (non-hydrogen) atoms. The van der Waals surface area contributed by atoms with Crippen LogP contribution < -0.4 is 11.1 Å². The molecule has 1 rings (SSSR count). The molecule has 0 aliphatic carbocycles. The van der Waals surface area contributed by atoms with Crippen LogP contribution in [0.3, 0.4) is 0 Å². The molecule has 1 aliphatic heterocycles. The Bertz CT molecular complexity index is 381. The van der Waals surface area contributed by atoms with Crippen LogP contribution in [0.4, 0.5) is 0 Å². The number of methoxy groups -OCH3 is 1. The Labute approximate surface area is 150 Å². The molecule has 1 unspecified atom stereocenters. The maximum absolute atomic E-state index is 12.3. The van der Waals surface area contributed by atoms with Crippen LogP contribution in [0.5, 0.6) is 0 Å². The molecule has 146 valence electrons. The number of hydrogen-bond donors (Lipinski definition) is 2. The normalized spacial score (nSPS) is 17.0. The number of ether oxygens (including phenoxy) is 3. The van der Waals surface area contributed by atoms with Gasteiger partial charge >= 0.3 is 0 Å². The summed E-state index contributed by atoms with van der Waals surface area (Å²) in [5, 5.41) is 2.92. The fraction of sp³-hybridized carbons (Fsp3) is 0.882. The molecule has 1 saturated heterocycles. The molecule has 1 heterocycles. The quantitative estimate of drug-likeness (QED) is 0.420. The number of nitrogens with one attached hydrogen (secondary N) is 1. The summed E-state index contributed by atoms with van der Waals surface area (Å²) in [4.78, 5) is 26.1. The summed E-state index contributed by atoms with van der Waals surface area (Å²) >= 11 is 0. The van der Waals surface area contributed by atoms with Gasteiger partial charge in [0.1, 0.15) is 12.6 Å². The minimum atomic E-state index is -0.372. The second-order valence-corrected chi connectivity index (χ2v) is 6.04. The van der Waals surface area contributed by atoms with E-state index in [1.165, 1.54) is 0 Å². The minimum absolute atomic E-state index is 0.0199. The molecule has 0 aromatic rings. The Kier molecular flexibility index (Phi) is 12.2. The van der Waals surface area contributed by atoms with Gasteiger partial charge in [-0.25, -0.2) is 0 Å². The van der Waals surface area contributed by atoms with Crippen LogP contribution in [-0.4, -0.2) is 82.5 Å². The number of nitrogens with two attached hydrogens (primary N) is 1. The number of likely N-dealkylation sites (tertiary alicyclic amines) is 1. The van der Waals surface area contributed by atoms with Crippen molar-refractivity contribution in [2.75, 3.05) is 59.8 Å². The standard InChI is InChI=1S/C17H33N3O5/c1-23-10-11-24-12-13-25-14-16(21)20-9-5-6-15(20)17(22)19-8-4-2-3-7-18/h15H,2-14,18H2,1H3,(H,19,22). The molecule has 2 amide bonds. The lowest BCUT2D eigenvalue weighted by atomic mass is 10.2. The molecule has 0 saturated carbocycles. The van der Waals surface area contributed by atoms with Crippen LogP contribution in [0.1, 0.15) is 32.1 Å². The molecule has 1 aliphatic rings. The molecule has 8 heteroatoms. The van der Waals surface area contributed by atoms with E-state index in [0.29, 0.717) is 52.5 Å². The van der Waals surface area contributed by atoms with E-state index < -0.39 is 0 Å². The third kappa shape index (κ3) is 9.15. The summed E-state index contributed by atoms with van der Waals surface area (Å²) in [7, 11) is 1.61. The van der Waals surface area contributed by atoms with Crippen LogP contribution in [0.15, 0.2) is 0 Å². The summed E-state index contributed by atoms with van der Waals surface area (Å²) in [6.07, 6.45) is 4.44. The third-order valence-corrected chi connectivity index (χ3v) is 4.09. The van der Waals surface area contributed by atoms with Gasteiger partial charge in [-0.1, -0.05) is 6.42 Å². The number of nitrogens with zero attached hydrogens (tertiary/aromatic N) is 1. The number of unbranched alkanes of at least 4 members (excludes halogenated alkanes) is 2. The third-order valence-electron chi connectivity index (χ3n) is 4.09. The van der Waals surface area contributed by atoms with Crippen LogP contribution in [0.25, 0.3) is 0 Å². The van der Waals surface area contributed by atoms with Crippen LogP contribution in [-0.2, 0) is 23.8 Å². The first-order valence-corrected chi connectivity index (χ1v) is 9.12. The van der Waals surface area contributed by atoms with Gasteiger partial charge in [0.05, 0.1) is 26.4 Å². The van der Waals surface area contributed by atoms with Gasteiger partial charge in [-0.05, 0) is 32.2 Å². The van der Waals surface area contributed by atoms with Gasteiger partial charge in [-0.3, -0.25) is 9.59 Å². The number of hydrogen-bond acceptors (Lipinski definition) is 6. The summed E-state index contributed by atoms with van der Waals surface area (Å²) in [6, 6.07) is -0.372. The molecular weight excluding hydrogens is 326 g/mol. The van der Waals surface area contributed by atoms with E-state index in [2.05, 4.69) is 5.32 Å². The zero-order valence-electron chi connectivity index (χ0n) is 15.3. The fourth-order valence-corrected chi connectivity index (χ4v) is 2.72. The molecule has 3 N–H and O–H groups in total. The van der Waals surface area contributed by atoms with Crippen molar-refractivity contribution >= 4 is 11.8 Å². The van der Waals surface area contributed by atoms with Gasteiger partial charge < -0.3 is 30.2 Å². The lowest BCUT2D eigenvalue weighted by molar-refractivity contribution is -0.142. The van der Waals surface area contributed by atoms with E-state index in [1.807, 2.05) is 0 Å². The van der Waals surface area contributed by atoms with Crippen LogP contribution in [0, 0.1) is 0 Å². The summed E-state index contributed by atoms with van der Waals surface area (Å²) in [6.45, 7) is 3.71. The highest BCUT2D eigenvalue weighted by Crippen LogP contribution is 2.17. The van der Waals surface area contributed by atoms with Gasteiger partial charge in [0.25, 0.3) is 0 Å². The molecule has 0 aromatic heterocycles. The first-order valence-electron chi connectivity index (χ1n) is 9.12. The molecule has 0 radical (unpaired) electrons. The monoisotopic (exact) mass is 359 g/mol. The molecule has 1 fully saturated rings. The van der Waals surface area contributed by atoms with Crippen molar-refractivity contribution in [3.8, 4) is 0 Å². The number of carbonyl (C=O) groups excluding carboxylic acids is 2. The number of rotatable bonds is 14. The van der Waals surface area contributed by atoms with Crippen molar-refractivity contribution in [2.45, 2.75) is 38.1 Å². The van der Waals surface area contributed by atoms with Crippen molar-refractivity contribution in [1.29, 1.82) is 0 Å². The van der Waals surface area contributed by atoms with E-state index in [9.17, 15) is 9.59 Å². The van der Waals surface area contributed by atoms with Gasteiger partial charge in [0.2, 0.25) is 11.8 Å². The average Bonchev–Trinajstić information content (AvgIpc) is 3.10. The highest BCUT2D eigenvalue weighted by atomic mass is 16.5. The SMILES string of the molecule is COCCOCCOCC(=O)N1CCCC1C(=O)NCCCCCN. The predicted octanol–water partition coefficient (Wildman–Crippen LogP) is -0.0978. The summed E-state index contributed by atoms with van der Waals surface area (Å²) < 4.78 is 15.5. The van der Waals surface area contributed by atoms with E-state index in [-0.39, 0.29) is 24.5 Å². The highest BCUT2D eigenvalue weighted by Gasteiger charge is 2.33. The molecule has 0 bridgehead atoms. The first kappa shape index (κ1) is 21.8. The van der Waals surface area contributed by atoms with E-state index in [0.717, 1.165) is 25.7 Å². The van der Waals surface area contributed by atoms with Crippen molar-refractivity contribution < 1.29 is 23.8 Å². The number of amides is 2. The molecule has 8 nitrogen and oxygen atoms in total. The predicted molar refractivity (Wildman–Crippen MR) is 94.2 cm³/mol. The Morgan fingerprint density at radius 2 is 1.88 bits per heavy atom. The van der Waals surface area contributed by atoms with E-state index >= 15 is 0 Å². The van der Waals surface area contributed by atoms with E-state index in [4.69, 9.17) is 19.9 Å². The largest absolute Gasteiger partial charge is 0.382 e. The number of carbonyl (C=O) groups is 2.